The van der Waals surface area contributed by atoms with Crippen LogP contribution in [0.25, 0.3) is 0 Å². The van der Waals surface area contributed by atoms with Gasteiger partial charge in [0.2, 0.25) is 15.9 Å². The molecule has 2 aromatic carbocycles. The van der Waals surface area contributed by atoms with Gasteiger partial charge >= 0.3 is 0 Å². The summed E-state index contributed by atoms with van der Waals surface area (Å²) in [6.07, 6.45) is 0. The molecule has 0 bridgehead atoms. The van der Waals surface area contributed by atoms with E-state index in [0.29, 0.717) is 11.4 Å². The second-order valence-electron chi connectivity index (χ2n) is 4.99. The predicted octanol–water partition coefficient (Wildman–Crippen LogP) is 2.34. The van der Waals surface area contributed by atoms with Crippen LogP contribution >= 0.6 is 0 Å². The van der Waals surface area contributed by atoms with Gasteiger partial charge < -0.3 is 10.1 Å². The van der Waals surface area contributed by atoms with Crippen LogP contribution in [0.5, 0.6) is 5.75 Å². The largest absolute Gasteiger partial charge is 0.495 e. The summed E-state index contributed by atoms with van der Waals surface area (Å²) >= 11 is 0. The Kier molecular flexibility index (Phi) is 5.94. The quantitative estimate of drug-likeness (QED) is 0.833. The van der Waals surface area contributed by atoms with E-state index in [1.807, 2.05) is 0 Å². The Morgan fingerprint density at radius 1 is 1.08 bits per heavy atom. The van der Waals surface area contributed by atoms with E-state index in [1.165, 1.54) is 19.2 Å². The van der Waals surface area contributed by atoms with Crippen molar-refractivity contribution in [3.8, 4) is 5.75 Å². The minimum Gasteiger partial charge on any atom is -0.495 e. The normalized spacial score (nSPS) is 11.3. The Hall–Kier alpha value is -2.38. The third-order valence-corrected chi connectivity index (χ3v) is 5.37. The third-order valence-electron chi connectivity index (χ3n) is 3.43. The maximum absolute atomic E-state index is 12.6. The molecule has 0 saturated carbocycles. The molecule has 0 spiro atoms. The number of nitrogens with zero attached hydrogens (tertiary/aromatic N) is 1. The number of hydrogen-bond donors (Lipinski definition) is 1. The average Bonchev–Trinajstić information content (AvgIpc) is 2.60. The number of methoxy groups -OCH3 is 1. The Morgan fingerprint density at radius 2 is 1.71 bits per heavy atom. The summed E-state index contributed by atoms with van der Waals surface area (Å²) in [5, 5.41) is 2.68. The molecule has 0 aliphatic heterocycles. The van der Waals surface area contributed by atoms with E-state index >= 15 is 0 Å². The fraction of sp³-hybridized carbons (Fsp3) is 0.235. The van der Waals surface area contributed by atoms with Crippen molar-refractivity contribution in [2.75, 3.05) is 25.5 Å². The van der Waals surface area contributed by atoms with Gasteiger partial charge in [-0.2, -0.15) is 4.31 Å². The zero-order chi connectivity index (χ0) is 17.6. The number of rotatable bonds is 7. The molecule has 0 aromatic heterocycles. The van der Waals surface area contributed by atoms with Gasteiger partial charge in [0.1, 0.15) is 5.75 Å². The molecular formula is C17H20N2O4S. The van der Waals surface area contributed by atoms with Crippen molar-refractivity contribution in [2.24, 2.45) is 0 Å². The summed E-state index contributed by atoms with van der Waals surface area (Å²) in [6, 6.07) is 15.0. The van der Waals surface area contributed by atoms with Crippen molar-refractivity contribution in [1.29, 1.82) is 0 Å². The first-order valence-corrected chi connectivity index (χ1v) is 8.91. The van der Waals surface area contributed by atoms with E-state index in [4.69, 9.17) is 4.74 Å². The summed E-state index contributed by atoms with van der Waals surface area (Å²) in [5.74, 6) is 0.0840. The number of benzene rings is 2. The number of para-hydroxylation sites is 2. The summed E-state index contributed by atoms with van der Waals surface area (Å²) < 4.78 is 31.5. The van der Waals surface area contributed by atoms with E-state index in [-0.39, 0.29) is 18.0 Å². The summed E-state index contributed by atoms with van der Waals surface area (Å²) in [5.41, 5.74) is 0.498. The van der Waals surface area contributed by atoms with Crippen LogP contribution in [0.4, 0.5) is 5.69 Å². The molecule has 6 nitrogen and oxygen atoms in total. The number of anilines is 1. The zero-order valence-electron chi connectivity index (χ0n) is 13.6. The maximum Gasteiger partial charge on any atom is 0.243 e. The first kappa shape index (κ1) is 18.0. The molecule has 1 N–H and O–H groups in total. The van der Waals surface area contributed by atoms with Crippen LogP contribution in [0.2, 0.25) is 0 Å². The Morgan fingerprint density at radius 3 is 2.33 bits per heavy atom. The zero-order valence-corrected chi connectivity index (χ0v) is 14.4. The molecule has 0 fully saturated rings. The summed E-state index contributed by atoms with van der Waals surface area (Å²) in [7, 11) is -2.21. The number of carbonyl (C=O) groups excluding carboxylic acids is 1. The van der Waals surface area contributed by atoms with E-state index in [9.17, 15) is 13.2 Å². The average molecular weight is 348 g/mol. The Balaban J connectivity index is 2.14. The third kappa shape index (κ3) is 4.12. The van der Waals surface area contributed by atoms with Gasteiger partial charge in [-0.05, 0) is 24.3 Å². The van der Waals surface area contributed by atoms with E-state index in [0.717, 1.165) is 4.31 Å². The van der Waals surface area contributed by atoms with Crippen molar-refractivity contribution >= 4 is 21.6 Å². The second-order valence-corrected chi connectivity index (χ2v) is 6.93. The number of carbonyl (C=O) groups is 1. The van der Waals surface area contributed by atoms with Crippen molar-refractivity contribution in [1.82, 2.24) is 4.31 Å². The minimum absolute atomic E-state index is 0.164. The highest BCUT2D eigenvalue weighted by Gasteiger charge is 2.25. The summed E-state index contributed by atoms with van der Waals surface area (Å²) in [6.45, 7) is 1.61. The van der Waals surface area contributed by atoms with E-state index in [1.54, 1.807) is 49.4 Å². The van der Waals surface area contributed by atoms with Crippen molar-refractivity contribution < 1.29 is 17.9 Å². The predicted molar refractivity (Wildman–Crippen MR) is 92.5 cm³/mol. The van der Waals surface area contributed by atoms with Gasteiger partial charge in [0.25, 0.3) is 0 Å². The van der Waals surface area contributed by atoms with Crippen molar-refractivity contribution in [3.63, 3.8) is 0 Å². The number of sulfonamides is 1. The topological polar surface area (TPSA) is 75.7 Å². The number of hydrogen-bond acceptors (Lipinski definition) is 4. The smallest absolute Gasteiger partial charge is 0.243 e. The minimum atomic E-state index is -3.71. The molecule has 0 aliphatic rings. The molecule has 2 rings (SSSR count). The highest BCUT2D eigenvalue weighted by atomic mass is 32.2. The van der Waals surface area contributed by atoms with Crippen LogP contribution in [-0.4, -0.2) is 38.8 Å². The molecule has 0 unspecified atom stereocenters. The molecule has 1 amide bonds. The lowest BCUT2D eigenvalue weighted by Crippen LogP contribution is -2.37. The van der Waals surface area contributed by atoms with Gasteiger partial charge in [0.15, 0.2) is 0 Å². The van der Waals surface area contributed by atoms with Crippen LogP contribution in [0.3, 0.4) is 0 Å². The standard InChI is InChI=1S/C17H20N2O4S/c1-3-19(24(21,22)14-9-5-4-6-10-14)13-17(20)18-15-11-7-8-12-16(15)23-2/h4-12H,3,13H2,1-2H3,(H,18,20). The number of likely N-dealkylation sites (N-methyl/N-ethyl adjacent to an activating group) is 1. The lowest BCUT2D eigenvalue weighted by molar-refractivity contribution is -0.116. The molecule has 0 saturated heterocycles. The fourth-order valence-corrected chi connectivity index (χ4v) is 3.63. The van der Waals surface area contributed by atoms with Gasteiger partial charge in [0.05, 0.1) is 24.2 Å². The highest BCUT2D eigenvalue weighted by Crippen LogP contribution is 2.23. The first-order valence-electron chi connectivity index (χ1n) is 7.47. The number of nitrogens with one attached hydrogen (secondary N) is 1. The lowest BCUT2D eigenvalue weighted by atomic mass is 10.3. The molecule has 0 heterocycles. The molecule has 0 atom stereocenters. The monoisotopic (exact) mass is 348 g/mol. The lowest BCUT2D eigenvalue weighted by Gasteiger charge is -2.20. The van der Waals surface area contributed by atoms with E-state index < -0.39 is 15.9 Å². The van der Waals surface area contributed by atoms with Crippen molar-refractivity contribution in [3.05, 3.63) is 54.6 Å². The van der Waals surface area contributed by atoms with Crippen LogP contribution in [0.15, 0.2) is 59.5 Å². The van der Waals surface area contributed by atoms with Crippen LogP contribution < -0.4 is 10.1 Å². The molecule has 0 radical (unpaired) electrons. The Labute approximate surface area is 142 Å². The van der Waals surface area contributed by atoms with E-state index in [2.05, 4.69) is 5.32 Å². The van der Waals surface area contributed by atoms with Crippen LogP contribution in [0.1, 0.15) is 6.92 Å². The van der Waals surface area contributed by atoms with Gasteiger partial charge in [-0.15, -0.1) is 0 Å². The molecule has 128 valence electrons. The van der Waals surface area contributed by atoms with Gasteiger partial charge in [0, 0.05) is 6.54 Å². The summed E-state index contributed by atoms with van der Waals surface area (Å²) in [4.78, 5) is 12.4. The van der Waals surface area contributed by atoms with Crippen LogP contribution in [0, 0.1) is 0 Å². The Bertz CT molecular complexity index is 791. The molecular weight excluding hydrogens is 328 g/mol. The van der Waals surface area contributed by atoms with Crippen molar-refractivity contribution in [2.45, 2.75) is 11.8 Å². The second kappa shape index (κ2) is 7.94. The maximum atomic E-state index is 12.6. The SMILES string of the molecule is CCN(CC(=O)Nc1ccccc1OC)S(=O)(=O)c1ccccc1. The molecule has 2 aromatic rings. The first-order chi connectivity index (χ1) is 11.5. The molecule has 0 aliphatic carbocycles. The molecule has 7 heteroatoms. The van der Waals surface area contributed by atoms with Gasteiger partial charge in [-0.3, -0.25) is 4.79 Å². The number of amides is 1. The molecule has 24 heavy (non-hydrogen) atoms. The number of ether oxygens (including phenoxy) is 1. The highest BCUT2D eigenvalue weighted by molar-refractivity contribution is 7.89. The van der Waals surface area contributed by atoms with Crippen LogP contribution in [-0.2, 0) is 14.8 Å². The van der Waals surface area contributed by atoms with Gasteiger partial charge in [-0.25, -0.2) is 8.42 Å². The fourth-order valence-electron chi connectivity index (χ4n) is 2.21. The van der Waals surface area contributed by atoms with Gasteiger partial charge in [-0.1, -0.05) is 37.3 Å².